The zero-order valence-corrected chi connectivity index (χ0v) is 17.8. The number of amides is 1. The summed E-state index contributed by atoms with van der Waals surface area (Å²) in [5.41, 5.74) is 0.741. The number of rotatable bonds is 8. The van der Waals surface area contributed by atoms with Gasteiger partial charge >= 0.3 is 0 Å². The predicted molar refractivity (Wildman–Crippen MR) is 115 cm³/mol. The van der Waals surface area contributed by atoms with Crippen molar-refractivity contribution in [3.63, 3.8) is 0 Å². The minimum Gasteiger partial charge on any atom is -0.494 e. The maximum Gasteiger partial charge on any atom is 0.261 e. The van der Waals surface area contributed by atoms with E-state index in [4.69, 9.17) is 4.74 Å². The van der Waals surface area contributed by atoms with E-state index >= 15 is 0 Å². The van der Waals surface area contributed by atoms with Crippen LogP contribution in [0, 0.1) is 0 Å². The van der Waals surface area contributed by atoms with Gasteiger partial charge in [0.1, 0.15) is 5.75 Å². The van der Waals surface area contributed by atoms with Gasteiger partial charge in [-0.3, -0.25) is 9.52 Å². The van der Waals surface area contributed by atoms with E-state index in [1.165, 1.54) is 12.1 Å². The largest absolute Gasteiger partial charge is 0.494 e. The van der Waals surface area contributed by atoms with Crippen molar-refractivity contribution in [2.75, 3.05) is 18.4 Å². The molecular weight excluding hydrogens is 408 g/mol. The SMILES string of the molecule is CCOc1ccc(S(=O)(=O)Nc2cccc(C(=O)N(C)Cc3cccs3)c2)cc1. The van der Waals surface area contributed by atoms with Crippen molar-refractivity contribution >= 4 is 33.0 Å². The van der Waals surface area contributed by atoms with Crippen LogP contribution in [0.25, 0.3) is 0 Å². The molecule has 0 fully saturated rings. The average Bonchev–Trinajstić information content (AvgIpc) is 3.21. The summed E-state index contributed by atoms with van der Waals surface area (Å²) in [4.78, 5) is 15.5. The van der Waals surface area contributed by atoms with Gasteiger partial charge in [-0.25, -0.2) is 8.42 Å². The zero-order chi connectivity index (χ0) is 20.9. The van der Waals surface area contributed by atoms with Crippen molar-refractivity contribution in [2.24, 2.45) is 0 Å². The predicted octanol–water partition coefficient (Wildman–Crippen LogP) is 4.22. The Morgan fingerprint density at radius 2 is 1.86 bits per heavy atom. The molecule has 1 amide bonds. The standard InChI is InChI=1S/C21H22N2O4S2/c1-3-27-18-9-11-20(12-10-18)29(25,26)22-17-7-4-6-16(14-17)21(24)23(2)15-19-8-5-13-28-19/h4-14,22H,3,15H2,1-2H3. The van der Waals surface area contributed by atoms with Gasteiger partial charge in [0.2, 0.25) is 0 Å². The summed E-state index contributed by atoms with van der Waals surface area (Å²) in [7, 11) is -2.06. The number of sulfonamides is 1. The monoisotopic (exact) mass is 430 g/mol. The number of carbonyl (C=O) groups is 1. The fourth-order valence-corrected chi connectivity index (χ4v) is 4.55. The van der Waals surface area contributed by atoms with Gasteiger partial charge < -0.3 is 9.64 Å². The van der Waals surface area contributed by atoms with Crippen molar-refractivity contribution in [1.82, 2.24) is 4.90 Å². The molecule has 1 heterocycles. The molecule has 2 aromatic carbocycles. The molecule has 0 aliphatic rings. The molecule has 8 heteroatoms. The Hall–Kier alpha value is -2.84. The molecule has 1 aromatic heterocycles. The first-order chi connectivity index (χ1) is 13.9. The first kappa shape index (κ1) is 20.9. The summed E-state index contributed by atoms with van der Waals surface area (Å²) in [6.07, 6.45) is 0. The van der Waals surface area contributed by atoms with Crippen molar-refractivity contribution in [1.29, 1.82) is 0 Å². The summed E-state index contributed by atoms with van der Waals surface area (Å²) in [5, 5.41) is 1.96. The summed E-state index contributed by atoms with van der Waals surface area (Å²) in [6, 6.07) is 16.6. The third-order valence-electron chi connectivity index (χ3n) is 4.13. The van der Waals surface area contributed by atoms with Crippen molar-refractivity contribution < 1.29 is 17.9 Å². The van der Waals surface area contributed by atoms with Gasteiger partial charge in [0.05, 0.1) is 18.0 Å². The van der Waals surface area contributed by atoms with Crippen molar-refractivity contribution in [3.8, 4) is 5.75 Å². The van der Waals surface area contributed by atoms with Crippen LogP contribution < -0.4 is 9.46 Å². The molecule has 152 valence electrons. The molecular formula is C21H22N2O4S2. The van der Waals surface area contributed by atoms with Crippen LogP contribution >= 0.6 is 11.3 Å². The topological polar surface area (TPSA) is 75.7 Å². The van der Waals surface area contributed by atoms with Crippen LogP contribution in [0.4, 0.5) is 5.69 Å². The highest BCUT2D eigenvalue weighted by Crippen LogP contribution is 2.21. The summed E-state index contributed by atoms with van der Waals surface area (Å²) < 4.78 is 33.2. The minimum atomic E-state index is -3.78. The van der Waals surface area contributed by atoms with Gasteiger partial charge in [0.25, 0.3) is 15.9 Å². The quantitative estimate of drug-likeness (QED) is 0.581. The maximum absolute atomic E-state index is 12.7. The molecule has 0 bridgehead atoms. The average molecular weight is 431 g/mol. The minimum absolute atomic E-state index is 0.118. The van der Waals surface area contributed by atoms with E-state index in [-0.39, 0.29) is 10.8 Å². The molecule has 6 nitrogen and oxygen atoms in total. The van der Waals surface area contributed by atoms with Gasteiger partial charge in [-0.2, -0.15) is 0 Å². The fraction of sp³-hybridized carbons (Fsp3) is 0.190. The number of hydrogen-bond acceptors (Lipinski definition) is 5. The Morgan fingerprint density at radius 3 is 2.52 bits per heavy atom. The first-order valence-corrected chi connectivity index (χ1v) is 11.4. The van der Waals surface area contributed by atoms with E-state index in [0.29, 0.717) is 30.2 Å². The molecule has 0 saturated carbocycles. The van der Waals surface area contributed by atoms with Crippen LogP contribution in [-0.2, 0) is 16.6 Å². The van der Waals surface area contributed by atoms with Gasteiger partial charge in [-0.1, -0.05) is 12.1 Å². The molecule has 0 aliphatic heterocycles. The highest BCUT2D eigenvalue weighted by molar-refractivity contribution is 7.92. The maximum atomic E-state index is 12.7. The second-order valence-electron chi connectivity index (χ2n) is 6.33. The number of nitrogens with one attached hydrogen (secondary N) is 1. The molecule has 29 heavy (non-hydrogen) atoms. The van der Waals surface area contributed by atoms with E-state index in [1.807, 2.05) is 24.4 Å². The number of carbonyl (C=O) groups excluding carboxylic acids is 1. The highest BCUT2D eigenvalue weighted by Gasteiger charge is 2.17. The number of anilines is 1. The highest BCUT2D eigenvalue weighted by atomic mass is 32.2. The third kappa shape index (κ3) is 5.36. The second kappa shape index (κ2) is 9.11. The number of thiophene rings is 1. The van der Waals surface area contributed by atoms with E-state index < -0.39 is 10.0 Å². The van der Waals surface area contributed by atoms with Crippen LogP contribution in [0.15, 0.2) is 70.9 Å². The molecule has 0 atom stereocenters. The lowest BCUT2D eigenvalue weighted by molar-refractivity contribution is 0.0786. The lowest BCUT2D eigenvalue weighted by Gasteiger charge is -2.17. The van der Waals surface area contributed by atoms with E-state index in [9.17, 15) is 13.2 Å². The molecule has 0 saturated heterocycles. The lowest BCUT2D eigenvalue weighted by atomic mass is 10.2. The van der Waals surface area contributed by atoms with Gasteiger partial charge in [0.15, 0.2) is 0 Å². The molecule has 0 radical (unpaired) electrons. The van der Waals surface area contributed by atoms with Crippen LogP contribution in [0.3, 0.4) is 0 Å². The Kier molecular flexibility index (Phi) is 6.56. The Balaban J connectivity index is 1.73. The lowest BCUT2D eigenvalue weighted by Crippen LogP contribution is -2.26. The van der Waals surface area contributed by atoms with Crippen LogP contribution in [0.1, 0.15) is 22.2 Å². The first-order valence-electron chi connectivity index (χ1n) is 9.02. The molecule has 3 aromatic rings. The van der Waals surface area contributed by atoms with E-state index in [1.54, 1.807) is 59.7 Å². The zero-order valence-electron chi connectivity index (χ0n) is 16.2. The number of nitrogens with zero attached hydrogens (tertiary/aromatic N) is 1. The Morgan fingerprint density at radius 1 is 1.10 bits per heavy atom. The van der Waals surface area contributed by atoms with Gasteiger partial charge in [-0.15, -0.1) is 11.3 Å². The summed E-state index contributed by atoms with van der Waals surface area (Å²) >= 11 is 1.58. The van der Waals surface area contributed by atoms with Crippen molar-refractivity contribution in [3.05, 3.63) is 76.5 Å². The Labute approximate surface area is 174 Å². The molecule has 0 aliphatic carbocycles. The van der Waals surface area contributed by atoms with Crippen molar-refractivity contribution in [2.45, 2.75) is 18.4 Å². The molecule has 3 rings (SSSR count). The number of benzene rings is 2. The van der Waals surface area contributed by atoms with E-state index in [0.717, 1.165) is 4.88 Å². The smallest absolute Gasteiger partial charge is 0.261 e. The fourth-order valence-electron chi connectivity index (χ4n) is 2.74. The molecule has 1 N–H and O–H groups in total. The molecule has 0 unspecified atom stereocenters. The van der Waals surface area contributed by atoms with Crippen LogP contribution in [0.2, 0.25) is 0 Å². The summed E-state index contributed by atoms with van der Waals surface area (Å²) in [6.45, 7) is 2.86. The second-order valence-corrected chi connectivity index (χ2v) is 9.05. The number of ether oxygens (including phenoxy) is 1. The Bertz CT molecular complexity index is 1060. The normalized spacial score (nSPS) is 11.1. The third-order valence-corrected chi connectivity index (χ3v) is 6.38. The number of hydrogen-bond donors (Lipinski definition) is 1. The van der Waals surface area contributed by atoms with Gasteiger partial charge in [0, 0.05) is 23.2 Å². The van der Waals surface area contributed by atoms with Crippen LogP contribution in [-0.4, -0.2) is 32.9 Å². The summed E-state index contributed by atoms with van der Waals surface area (Å²) in [5.74, 6) is 0.424. The van der Waals surface area contributed by atoms with Gasteiger partial charge in [-0.05, 0) is 60.8 Å². The molecule has 0 spiro atoms. The van der Waals surface area contributed by atoms with E-state index in [2.05, 4.69) is 4.72 Å². The van der Waals surface area contributed by atoms with Crippen LogP contribution in [0.5, 0.6) is 5.75 Å².